The number of hydrogen-bond acceptors (Lipinski definition) is 9. The summed E-state index contributed by atoms with van der Waals surface area (Å²) in [5.41, 5.74) is 0.977. The number of benzene rings is 3. The lowest BCUT2D eigenvalue weighted by Gasteiger charge is -2.33. The van der Waals surface area contributed by atoms with Crippen molar-refractivity contribution < 1.29 is 41.6 Å². The normalized spacial score (nSPS) is 13.5. The molecule has 14 heteroatoms. The van der Waals surface area contributed by atoms with Crippen molar-refractivity contribution in [3.8, 4) is 0 Å². The third kappa shape index (κ3) is 9.42. The van der Waals surface area contributed by atoms with Gasteiger partial charge in [0.2, 0.25) is 10.0 Å². The van der Waals surface area contributed by atoms with Crippen LogP contribution < -0.4 is 5.32 Å². The van der Waals surface area contributed by atoms with Crippen LogP contribution in [0.4, 0.5) is 14.9 Å². The molecule has 0 radical (unpaired) electrons. The predicted molar refractivity (Wildman–Crippen MR) is 171 cm³/mol. The fourth-order valence-corrected chi connectivity index (χ4v) is 7.10. The Morgan fingerprint density at radius 3 is 1.91 bits per heavy atom. The van der Waals surface area contributed by atoms with Gasteiger partial charge in [0.15, 0.2) is 5.78 Å². The van der Waals surface area contributed by atoms with Gasteiger partial charge in [0.05, 0.1) is 23.5 Å². The molecule has 3 aromatic rings. The third-order valence-corrected chi connectivity index (χ3v) is 9.45. The van der Waals surface area contributed by atoms with Crippen LogP contribution in [0.2, 0.25) is 0 Å². The van der Waals surface area contributed by atoms with E-state index in [4.69, 9.17) is 9.47 Å². The number of carbonyl (C=O) groups excluding carboxylic acids is 3. The number of nitrogens with zero attached hydrogens (tertiary/aromatic N) is 2. The first-order chi connectivity index (χ1) is 22.3. The standard InChI is InChI=1S/C33H38FN3O9S/c1-5-46-32(39)28(36(22(2)3)47(43,44)27-18-16-26(17-19-27)37(41)42)20-25(34)21-29(38)31(35-33(40)45-4)30(23-12-8-6-9-13-23)24-14-10-7-11-15-24/h6-19,22,25,28,30-31H,5,20-21H2,1-4H3,(H,35,40)/t25?,28-,31+/m0/s1. The van der Waals surface area contributed by atoms with Crippen LogP contribution in [0.5, 0.6) is 0 Å². The SMILES string of the molecule is CCOC(=O)[C@H](CC(F)CC(=O)[C@@H](NC(=O)OC)C(c1ccccc1)c1ccccc1)N(C(C)C)S(=O)(=O)c1ccc([N+](=O)[O-])cc1. The topological polar surface area (TPSA) is 162 Å². The average molecular weight is 672 g/mol. The van der Waals surface area contributed by atoms with Crippen LogP contribution in [0.15, 0.2) is 89.8 Å². The second-order valence-corrected chi connectivity index (χ2v) is 12.7. The van der Waals surface area contributed by atoms with Crippen molar-refractivity contribution in [2.24, 2.45) is 0 Å². The van der Waals surface area contributed by atoms with E-state index in [-0.39, 0.29) is 17.2 Å². The number of sulfonamides is 1. The molecule has 0 heterocycles. The molecule has 0 saturated heterocycles. The summed E-state index contributed by atoms with van der Waals surface area (Å²) < 4.78 is 54.3. The van der Waals surface area contributed by atoms with Crippen LogP contribution in [-0.2, 0) is 29.1 Å². The first-order valence-electron chi connectivity index (χ1n) is 14.9. The largest absolute Gasteiger partial charge is 0.465 e. The molecule has 12 nitrogen and oxygen atoms in total. The van der Waals surface area contributed by atoms with Crippen LogP contribution in [0, 0.1) is 10.1 Å². The second-order valence-electron chi connectivity index (χ2n) is 10.9. The number of amides is 1. The van der Waals surface area contributed by atoms with Gasteiger partial charge in [0.25, 0.3) is 5.69 Å². The molecule has 3 aromatic carbocycles. The number of rotatable bonds is 16. The van der Waals surface area contributed by atoms with E-state index >= 15 is 4.39 Å². The zero-order valence-corrected chi connectivity index (χ0v) is 27.3. The highest BCUT2D eigenvalue weighted by atomic mass is 32.2. The molecule has 3 atom stereocenters. The Kier molecular flexibility index (Phi) is 13.1. The summed E-state index contributed by atoms with van der Waals surface area (Å²) >= 11 is 0. The fourth-order valence-electron chi connectivity index (χ4n) is 5.31. The number of halogens is 1. The van der Waals surface area contributed by atoms with Crippen molar-refractivity contribution in [1.82, 2.24) is 9.62 Å². The predicted octanol–water partition coefficient (Wildman–Crippen LogP) is 5.17. The number of nitrogens with one attached hydrogen (secondary N) is 1. The number of Topliss-reactive ketones (excluding diaryl/α,β-unsaturated/α-hetero) is 1. The van der Waals surface area contributed by atoms with Crippen molar-refractivity contribution in [1.29, 1.82) is 0 Å². The highest BCUT2D eigenvalue weighted by Gasteiger charge is 2.42. The van der Waals surface area contributed by atoms with E-state index < -0.39 is 75.8 Å². The highest BCUT2D eigenvalue weighted by molar-refractivity contribution is 7.89. The molecule has 0 aliphatic heterocycles. The van der Waals surface area contributed by atoms with Gasteiger partial charge in [-0.2, -0.15) is 4.31 Å². The van der Waals surface area contributed by atoms with Gasteiger partial charge in [-0.3, -0.25) is 19.7 Å². The van der Waals surface area contributed by atoms with Gasteiger partial charge in [-0.25, -0.2) is 17.6 Å². The van der Waals surface area contributed by atoms with Crippen LogP contribution in [0.1, 0.15) is 50.7 Å². The van der Waals surface area contributed by atoms with E-state index in [1.54, 1.807) is 60.7 Å². The number of alkyl halides is 1. The Balaban J connectivity index is 1.98. The number of nitro benzene ring substituents is 1. The fraction of sp³-hybridized carbons (Fsp3) is 0.364. The average Bonchev–Trinajstić information content (AvgIpc) is 3.04. The number of methoxy groups -OCH3 is 1. The molecule has 0 saturated carbocycles. The quantitative estimate of drug-likeness (QED) is 0.123. The van der Waals surface area contributed by atoms with E-state index in [1.165, 1.54) is 20.8 Å². The molecule has 0 aliphatic rings. The van der Waals surface area contributed by atoms with Crippen molar-refractivity contribution in [3.05, 3.63) is 106 Å². The minimum absolute atomic E-state index is 0.129. The number of carbonyl (C=O) groups is 3. The Hall–Kier alpha value is -4.69. The molecular formula is C33H38FN3O9S. The van der Waals surface area contributed by atoms with Crippen molar-refractivity contribution >= 4 is 33.6 Å². The van der Waals surface area contributed by atoms with Gasteiger partial charge in [-0.15, -0.1) is 0 Å². The van der Waals surface area contributed by atoms with E-state index in [9.17, 15) is 32.9 Å². The minimum atomic E-state index is -4.52. The maximum atomic E-state index is 16.0. The molecular weight excluding hydrogens is 633 g/mol. The summed E-state index contributed by atoms with van der Waals surface area (Å²) in [5.74, 6) is -2.50. The van der Waals surface area contributed by atoms with Gasteiger partial charge in [0, 0.05) is 36.9 Å². The summed E-state index contributed by atoms with van der Waals surface area (Å²) in [7, 11) is -3.39. The Labute approximate surface area is 273 Å². The highest BCUT2D eigenvalue weighted by Crippen LogP contribution is 2.31. The van der Waals surface area contributed by atoms with Crippen molar-refractivity contribution in [3.63, 3.8) is 0 Å². The summed E-state index contributed by atoms with van der Waals surface area (Å²) in [6, 6.07) is 17.9. The molecule has 1 unspecified atom stereocenters. The lowest BCUT2D eigenvalue weighted by molar-refractivity contribution is -0.384. The van der Waals surface area contributed by atoms with Crippen molar-refractivity contribution in [2.75, 3.05) is 13.7 Å². The number of hydrogen-bond donors (Lipinski definition) is 1. The zero-order chi connectivity index (χ0) is 34.7. The summed E-state index contributed by atoms with van der Waals surface area (Å²) in [4.78, 5) is 49.5. The molecule has 3 rings (SSSR count). The van der Waals surface area contributed by atoms with E-state index in [2.05, 4.69) is 5.32 Å². The first kappa shape index (κ1) is 36.8. The van der Waals surface area contributed by atoms with E-state index in [0.29, 0.717) is 11.1 Å². The van der Waals surface area contributed by atoms with E-state index in [1.807, 2.05) is 0 Å². The molecule has 1 amide bonds. The van der Waals surface area contributed by atoms with Crippen LogP contribution in [-0.4, -0.2) is 73.5 Å². The van der Waals surface area contributed by atoms with Gasteiger partial charge in [-0.1, -0.05) is 60.7 Å². The van der Waals surface area contributed by atoms with Gasteiger partial charge in [0.1, 0.15) is 18.3 Å². The molecule has 1 N–H and O–H groups in total. The van der Waals surface area contributed by atoms with Crippen LogP contribution in [0.25, 0.3) is 0 Å². The third-order valence-electron chi connectivity index (χ3n) is 7.36. The molecule has 252 valence electrons. The number of nitro groups is 1. The zero-order valence-electron chi connectivity index (χ0n) is 26.4. The van der Waals surface area contributed by atoms with E-state index in [0.717, 1.165) is 35.7 Å². The summed E-state index contributed by atoms with van der Waals surface area (Å²) in [6.07, 6.45) is -4.51. The molecule has 0 aliphatic carbocycles. The molecule has 0 fully saturated rings. The smallest absolute Gasteiger partial charge is 0.407 e. The lowest BCUT2D eigenvalue weighted by Crippen LogP contribution is -2.51. The van der Waals surface area contributed by atoms with Gasteiger partial charge < -0.3 is 14.8 Å². The second kappa shape index (κ2) is 16.7. The maximum absolute atomic E-state index is 16.0. The number of ketones is 1. The molecule has 0 spiro atoms. The number of esters is 1. The first-order valence-corrected chi connectivity index (χ1v) is 16.3. The lowest BCUT2D eigenvalue weighted by atomic mass is 9.82. The summed E-state index contributed by atoms with van der Waals surface area (Å²) in [6.45, 7) is 4.34. The van der Waals surface area contributed by atoms with Gasteiger partial charge >= 0.3 is 12.1 Å². The minimum Gasteiger partial charge on any atom is -0.465 e. The molecule has 47 heavy (non-hydrogen) atoms. The Morgan fingerprint density at radius 1 is 0.936 bits per heavy atom. The van der Waals surface area contributed by atoms with Crippen molar-refractivity contribution in [2.45, 2.75) is 68.7 Å². The van der Waals surface area contributed by atoms with Crippen LogP contribution in [0.3, 0.4) is 0 Å². The molecule has 0 aromatic heterocycles. The van der Waals surface area contributed by atoms with Gasteiger partial charge in [-0.05, 0) is 44.0 Å². The Bertz CT molecular complexity index is 1580. The Morgan fingerprint density at radius 2 is 1.47 bits per heavy atom. The number of alkyl carbamates (subject to hydrolysis) is 1. The molecule has 0 bridgehead atoms. The monoisotopic (exact) mass is 671 g/mol. The number of ether oxygens (including phenoxy) is 2. The number of non-ortho nitro benzene ring substituents is 1. The summed E-state index contributed by atoms with van der Waals surface area (Å²) in [5, 5.41) is 13.6. The maximum Gasteiger partial charge on any atom is 0.407 e. The van der Waals surface area contributed by atoms with Crippen LogP contribution >= 0.6 is 0 Å².